The lowest BCUT2D eigenvalue weighted by atomic mass is 9.82. The minimum Gasteiger partial charge on any atom is -0.343 e. The summed E-state index contributed by atoms with van der Waals surface area (Å²) in [5, 5.41) is 0.918. The maximum atomic E-state index is 12.3. The number of rotatable bonds is 11. The molecule has 53 heavy (non-hydrogen) atoms. The average Bonchev–Trinajstić information content (AvgIpc) is 3.46. The molecule has 268 valence electrons. The van der Waals surface area contributed by atoms with E-state index in [4.69, 9.17) is 0 Å². The maximum absolute atomic E-state index is 12.3. The summed E-state index contributed by atoms with van der Waals surface area (Å²) in [6.07, 6.45) is 0. The van der Waals surface area contributed by atoms with Crippen molar-refractivity contribution in [3.63, 3.8) is 0 Å². The van der Waals surface area contributed by atoms with Crippen molar-refractivity contribution in [2.75, 3.05) is 22.9 Å². The van der Waals surface area contributed by atoms with Gasteiger partial charge in [0.2, 0.25) is 0 Å². The molecular weight excluding hydrogens is 675 g/mol. The lowest BCUT2D eigenvalue weighted by Crippen LogP contribution is -2.16. The molecule has 0 saturated carbocycles. The van der Waals surface area contributed by atoms with Crippen molar-refractivity contribution < 1.29 is 13.0 Å². The summed E-state index contributed by atoms with van der Waals surface area (Å²) >= 11 is 0. The molecule has 0 aliphatic rings. The molecule has 1 N–H and O–H groups in total. The molecule has 0 spiro atoms. The number of anilines is 4. The van der Waals surface area contributed by atoms with Crippen LogP contribution >= 0.6 is 0 Å². The van der Waals surface area contributed by atoms with Gasteiger partial charge in [-0.05, 0) is 111 Å². The van der Waals surface area contributed by atoms with Crippen molar-refractivity contribution in [3.8, 4) is 11.3 Å². The fourth-order valence-electron chi connectivity index (χ4n) is 7.54. The van der Waals surface area contributed by atoms with E-state index in [2.05, 4.69) is 151 Å². The van der Waals surface area contributed by atoms with Gasteiger partial charge in [-0.3, -0.25) is 4.55 Å². The Hall–Kier alpha value is -5.63. The van der Waals surface area contributed by atoms with Crippen LogP contribution in [0.4, 0.5) is 22.7 Å². The largest absolute Gasteiger partial charge is 0.343 e. The van der Waals surface area contributed by atoms with E-state index in [0.717, 1.165) is 74.7 Å². The summed E-state index contributed by atoms with van der Waals surface area (Å²) in [6.45, 7) is 10.2. The third-order valence-electron chi connectivity index (χ3n) is 10.2. The van der Waals surface area contributed by atoms with Crippen molar-refractivity contribution in [1.29, 1.82) is 0 Å². The molecule has 7 heteroatoms. The Balaban J connectivity index is 1.43. The molecule has 0 bridgehead atoms. The highest BCUT2D eigenvalue weighted by molar-refractivity contribution is 7.85. The predicted molar refractivity (Wildman–Crippen MR) is 220 cm³/mol. The molecule has 0 aliphatic heterocycles. The van der Waals surface area contributed by atoms with Gasteiger partial charge in [-0.25, -0.2) is 0 Å². The zero-order valence-electron chi connectivity index (χ0n) is 30.9. The summed E-state index contributed by atoms with van der Waals surface area (Å²) in [6, 6.07) is 50.0. The number of aromatic nitrogens is 1. The highest BCUT2D eigenvalue weighted by atomic mass is 32.2. The number of fused-ring (bicyclic) bond motifs is 1. The number of benzene rings is 6. The summed E-state index contributed by atoms with van der Waals surface area (Å²) in [4.78, 5) is 4.48. The molecule has 0 atom stereocenters. The van der Waals surface area contributed by atoms with E-state index in [1.165, 1.54) is 17.2 Å². The van der Waals surface area contributed by atoms with Gasteiger partial charge in [0.05, 0.1) is 10.6 Å². The van der Waals surface area contributed by atoms with Crippen LogP contribution in [-0.2, 0) is 17.2 Å². The lowest BCUT2D eigenvalue weighted by molar-refractivity contribution is 0.483. The Morgan fingerprint density at radius 3 is 1.45 bits per heavy atom. The Kier molecular flexibility index (Phi) is 9.97. The van der Waals surface area contributed by atoms with Gasteiger partial charge in [-0.2, -0.15) is 8.42 Å². The van der Waals surface area contributed by atoms with Crippen LogP contribution < -0.4 is 9.80 Å². The molecule has 1 heterocycles. The Labute approximate surface area is 313 Å². The fourth-order valence-corrected chi connectivity index (χ4v) is 8.04. The van der Waals surface area contributed by atoms with Crippen LogP contribution in [0.2, 0.25) is 0 Å². The number of nitrogens with zero attached hydrogens (tertiary/aromatic N) is 3. The zero-order chi connectivity index (χ0) is 37.3. The van der Waals surface area contributed by atoms with Crippen molar-refractivity contribution in [2.24, 2.45) is 7.05 Å². The van der Waals surface area contributed by atoms with Crippen molar-refractivity contribution in [1.82, 2.24) is 4.57 Å². The van der Waals surface area contributed by atoms with Crippen LogP contribution in [0, 0.1) is 13.8 Å². The molecule has 0 amide bonds. The molecule has 1 aromatic heterocycles. The first-order chi connectivity index (χ1) is 25.6. The topological polar surface area (TPSA) is 65.8 Å². The first-order valence-electron chi connectivity index (χ1n) is 18.1. The molecule has 0 saturated heterocycles. The molecular formula is C46H45N3O3S. The van der Waals surface area contributed by atoms with Gasteiger partial charge in [0, 0.05) is 59.7 Å². The molecule has 0 radical (unpaired) electrons. The standard InChI is InChI=1S/C46H45N3O3S/c1-6-48(37-21-13-32(3)14-22-37)39-25-17-34(18-26-39)44(35-19-27-40(28-20-35)49(7-2)38-23-15-33(4)16-24-38)45-42-30-29-41(53(50,51)52)31-43(42)47(5)46(45)36-11-9-8-10-12-36/h8-31,44H,6-7H2,1-5H3,(H,50,51,52). The smallest absolute Gasteiger partial charge is 0.294 e. The number of hydrogen-bond acceptors (Lipinski definition) is 4. The minimum atomic E-state index is -4.41. The lowest BCUT2D eigenvalue weighted by Gasteiger charge is -2.26. The highest BCUT2D eigenvalue weighted by Crippen LogP contribution is 2.45. The van der Waals surface area contributed by atoms with Gasteiger partial charge in [-0.15, -0.1) is 0 Å². The van der Waals surface area contributed by atoms with Crippen LogP contribution in [0.15, 0.2) is 150 Å². The quantitative estimate of drug-likeness (QED) is 0.135. The molecule has 6 nitrogen and oxygen atoms in total. The molecule has 7 aromatic rings. The highest BCUT2D eigenvalue weighted by Gasteiger charge is 2.28. The Bertz CT molecular complexity index is 2360. The van der Waals surface area contributed by atoms with Gasteiger partial charge in [0.1, 0.15) is 0 Å². The van der Waals surface area contributed by atoms with Crippen LogP contribution in [0.5, 0.6) is 0 Å². The summed E-state index contributed by atoms with van der Waals surface area (Å²) in [5.74, 6) is -0.211. The molecule has 0 fully saturated rings. The second-order valence-electron chi connectivity index (χ2n) is 13.6. The van der Waals surface area contributed by atoms with Crippen LogP contribution in [0.3, 0.4) is 0 Å². The van der Waals surface area contributed by atoms with Crippen molar-refractivity contribution >= 4 is 43.8 Å². The van der Waals surface area contributed by atoms with E-state index in [9.17, 15) is 13.0 Å². The first-order valence-corrected chi connectivity index (χ1v) is 19.5. The van der Waals surface area contributed by atoms with Gasteiger partial charge < -0.3 is 14.4 Å². The SMILES string of the molecule is CCN(c1ccc(C)cc1)c1ccc(C(c2ccc(N(CC)c3ccc(C)cc3)cc2)c2c(-c3ccccc3)n(C)c3cc(S(=O)(=O)O)ccc23)cc1. The van der Waals surface area contributed by atoms with Crippen molar-refractivity contribution in [2.45, 2.75) is 38.5 Å². The van der Waals surface area contributed by atoms with Crippen LogP contribution in [0.25, 0.3) is 22.2 Å². The first kappa shape index (κ1) is 35.8. The van der Waals surface area contributed by atoms with E-state index in [1.807, 2.05) is 31.3 Å². The van der Waals surface area contributed by atoms with Crippen molar-refractivity contribution in [3.05, 3.63) is 173 Å². The van der Waals surface area contributed by atoms with E-state index in [1.54, 1.807) is 6.07 Å². The van der Waals surface area contributed by atoms with Crippen LogP contribution in [0.1, 0.15) is 47.6 Å². The molecule has 0 unspecified atom stereocenters. The second-order valence-corrected chi connectivity index (χ2v) is 15.0. The van der Waals surface area contributed by atoms with E-state index in [-0.39, 0.29) is 10.8 Å². The van der Waals surface area contributed by atoms with E-state index < -0.39 is 10.1 Å². The molecule has 6 aromatic carbocycles. The van der Waals surface area contributed by atoms with Crippen LogP contribution in [-0.4, -0.2) is 30.6 Å². The van der Waals surface area contributed by atoms with E-state index in [0.29, 0.717) is 0 Å². The molecule has 0 aliphatic carbocycles. The zero-order valence-corrected chi connectivity index (χ0v) is 31.7. The van der Waals surface area contributed by atoms with Gasteiger partial charge >= 0.3 is 0 Å². The fraction of sp³-hybridized carbons (Fsp3) is 0.174. The third kappa shape index (κ3) is 7.10. The van der Waals surface area contributed by atoms with Gasteiger partial charge in [-0.1, -0.05) is 96.1 Å². The van der Waals surface area contributed by atoms with Gasteiger partial charge in [0.15, 0.2) is 0 Å². The monoisotopic (exact) mass is 719 g/mol. The summed E-state index contributed by atoms with van der Waals surface area (Å²) < 4.78 is 36.7. The normalized spacial score (nSPS) is 11.7. The minimum absolute atomic E-state index is 0.131. The predicted octanol–water partition coefficient (Wildman–Crippen LogP) is 11.2. The van der Waals surface area contributed by atoms with Gasteiger partial charge in [0.25, 0.3) is 10.1 Å². The molecule has 7 rings (SSSR count). The summed E-state index contributed by atoms with van der Waals surface area (Å²) in [7, 11) is -2.44. The third-order valence-corrected chi connectivity index (χ3v) is 11.1. The van der Waals surface area contributed by atoms with E-state index >= 15 is 0 Å². The average molecular weight is 720 g/mol. The number of hydrogen-bond donors (Lipinski definition) is 1. The summed E-state index contributed by atoms with van der Waals surface area (Å²) in [5.41, 5.74) is 12.9. The Morgan fingerprint density at radius 1 is 0.604 bits per heavy atom. The second kappa shape index (κ2) is 14.8. The Morgan fingerprint density at radius 2 is 1.04 bits per heavy atom. The maximum Gasteiger partial charge on any atom is 0.294 e. The number of aryl methyl sites for hydroxylation is 3.